The summed E-state index contributed by atoms with van der Waals surface area (Å²) in [5, 5.41) is 22.4. The minimum Gasteiger partial charge on any atom is -0.508 e. The molecule has 4 rings (SSSR count). The zero-order valence-electron chi connectivity index (χ0n) is 19.0. The fraction of sp³-hybridized carbons (Fsp3) is 0.357. The lowest BCUT2D eigenvalue weighted by atomic mass is 9.57. The molecule has 1 aliphatic heterocycles. The van der Waals surface area contributed by atoms with Crippen molar-refractivity contribution in [3.05, 3.63) is 83.0 Å². The highest BCUT2D eigenvalue weighted by atomic mass is 16.3. The van der Waals surface area contributed by atoms with Crippen LogP contribution in [0.15, 0.2) is 71.8 Å². The van der Waals surface area contributed by atoms with Gasteiger partial charge in [-0.15, -0.1) is 0 Å². The van der Waals surface area contributed by atoms with E-state index in [0.717, 1.165) is 36.0 Å². The predicted molar refractivity (Wildman–Crippen MR) is 128 cm³/mol. The van der Waals surface area contributed by atoms with E-state index in [0.29, 0.717) is 5.57 Å². The van der Waals surface area contributed by atoms with Gasteiger partial charge in [0.15, 0.2) is 0 Å². The molecule has 0 spiro atoms. The Balaban J connectivity index is 1.83. The Bertz CT molecular complexity index is 1030. The molecule has 1 unspecified atom stereocenters. The third kappa shape index (κ3) is 4.20. The fourth-order valence-electron chi connectivity index (χ4n) is 5.33. The minimum absolute atomic E-state index is 0.139. The molecule has 0 saturated carbocycles. The van der Waals surface area contributed by atoms with Crippen molar-refractivity contribution < 1.29 is 19.8 Å². The monoisotopic (exact) mass is 445 g/mol. The maximum atomic E-state index is 13.2. The Hall–Kier alpha value is -3.34. The second-order valence-corrected chi connectivity index (χ2v) is 8.98. The Kier molecular flexibility index (Phi) is 6.68. The van der Waals surface area contributed by atoms with Crippen molar-refractivity contribution in [3.63, 3.8) is 0 Å². The summed E-state index contributed by atoms with van der Waals surface area (Å²) in [6.45, 7) is 2.20. The van der Waals surface area contributed by atoms with Crippen LogP contribution in [-0.2, 0) is 15.0 Å². The van der Waals surface area contributed by atoms with Crippen LogP contribution in [0, 0.1) is 5.92 Å². The lowest BCUT2D eigenvalue weighted by molar-refractivity contribution is -0.126. The summed E-state index contributed by atoms with van der Waals surface area (Å²) in [4.78, 5) is 25.8. The number of hydrogen-bond donors (Lipinski definition) is 3. The van der Waals surface area contributed by atoms with E-state index >= 15 is 0 Å². The summed E-state index contributed by atoms with van der Waals surface area (Å²) in [6.07, 6.45) is 11.5. The highest BCUT2D eigenvalue weighted by Gasteiger charge is 2.55. The van der Waals surface area contributed by atoms with Crippen molar-refractivity contribution in [2.24, 2.45) is 5.92 Å². The van der Waals surface area contributed by atoms with Gasteiger partial charge in [0.05, 0.1) is 11.3 Å². The molecule has 1 fully saturated rings. The largest absolute Gasteiger partial charge is 0.508 e. The Labute approximate surface area is 194 Å². The van der Waals surface area contributed by atoms with E-state index in [2.05, 4.69) is 12.2 Å². The Morgan fingerprint density at radius 2 is 1.33 bits per heavy atom. The molecule has 33 heavy (non-hydrogen) atoms. The number of unbranched alkanes of at least 4 members (excludes halogenated alkanes) is 5. The molecule has 5 nitrogen and oxygen atoms in total. The molecule has 2 amide bonds. The second-order valence-electron chi connectivity index (χ2n) is 8.98. The lowest BCUT2D eigenvalue weighted by Crippen LogP contribution is -2.44. The molecule has 1 saturated heterocycles. The minimum atomic E-state index is -0.898. The van der Waals surface area contributed by atoms with Gasteiger partial charge >= 0.3 is 0 Å². The second kappa shape index (κ2) is 9.65. The molecule has 0 radical (unpaired) electrons. The number of amides is 2. The van der Waals surface area contributed by atoms with E-state index in [4.69, 9.17) is 0 Å². The molecule has 3 N–H and O–H groups in total. The molecule has 2 aromatic carbocycles. The maximum Gasteiger partial charge on any atom is 0.254 e. The average Bonchev–Trinajstić information content (AvgIpc) is 3.11. The quantitative estimate of drug-likeness (QED) is 0.362. The number of aromatic hydroxyl groups is 2. The van der Waals surface area contributed by atoms with Crippen LogP contribution < -0.4 is 5.32 Å². The molecule has 2 aromatic rings. The summed E-state index contributed by atoms with van der Waals surface area (Å²) in [6, 6.07) is 13.8. The van der Waals surface area contributed by atoms with Gasteiger partial charge in [0, 0.05) is 5.57 Å². The van der Waals surface area contributed by atoms with Gasteiger partial charge in [-0.25, -0.2) is 0 Å². The van der Waals surface area contributed by atoms with Crippen molar-refractivity contribution in [3.8, 4) is 11.5 Å². The van der Waals surface area contributed by atoms with Crippen LogP contribution in [0.3, 0.4) is 0 Å². The third-order valence-corrected chi connectivity index (χ3v) is 6.92. The number of carbonyl (C=O) groups is 2. The standard InChI is InChI=1S/C28H31NO4/c1-2-3-4-5-6-7-8-19-13-18-24-25(27(33)29-26(24)32)28(19,20-9-14-22(30)15-10-20)21-11-16-23(31)17-12-21/h9-18,25,30-31H,2-8H2,1H3,(H,29,32,33). The normalized spacial score (nSPS) is 19.0. The molecular weight excluding hydrogens is 414 g/mol. The van der Waals surface area contributed by atoms with Crippen LogP contribution in [0.5, 0.6) is 11.5 Å². The first-order valence-corrected chi connectivity index (χ1v) is 11.8. The zero-order chi connectivity index (χ0) is 23.4. The van der Waals surface area contributed by atoms with Gasteiger partial charge in [-0.05, 0) is 48.2 Å². The zero-order valence-corrected chi connectivity index (χ0v) is 19.0. The number of allylic oxidation sites excluding steroid dienone is 3. The molecule has 1 heterocycles. The fourth-order valence-corrected chi connectivity index (χ4v) is 5.33. The van der Waals surface area contributed by atoms with E-state index in [1.54, 1.807) is 30.3 Å². The number of phenols is 2. The van der Waals surface area contributed by atoms with Crippen LogP contribution in [0.1, 0.15) is 63.0 Å². The number of fused-ring (bicyclic) bond motifs is 1. The molecule has 2 aliphatic rings. The molecule has 1 aliphatic carbocycles. The van der Waals surface area contributed by atoms with Crippen molar-refractivity contribution in [2.45, 2.75) is 57.3 Å². The van der Waals surface area contributed by atoms with Gasteiger partial charge in [-0.3, -0.25) is 14.9 Å². The van der Waals surface area contributed by atoms with Crippen LogP contribution in [0.25, 0.3) is 0 Å². The van der Waals surface area contributed by atoms with Crippen molar-refractivity contribution in [1.82, 2.24) is 5.32 Å². The highest BCUT2D eigenvalue weighted by Crippen LogP contribution is 2.53. The smallest absolute Gasteiger partial charge is 0.254 e. The highest BCUT2D eigenvalue weighted by molar-refractivity contribution is 6.16. The Morgan fingerprint density at radius 1 is 0.788 bits per heavy atom. The van der Waals surface area contributed by atoms with Gasteiger partial charge in [-0.1, -0.05) is 81.0 Å². The molecule has 0 aromatic heterocycles. The number of imide groups is 1. The predicted octanol–water partition coefficient (Wildman–Crippen LogP) is 5.27. The lowest BCUT2D eigenvalue weighted by Gasteiger charge is -2.43. The number of phenolic OH excluding ortho intramolecular Hbond substituents is 2. The summed E-state index contributed by atoms with van der Waals surface area (Å²) < 4.78 is 0. The Morgan fingerprint density at radius 3 is 1.91 bits per heavy atom. The summed E-state index contributed by atoms with van der Waals surface area (Å²) in [7, 11) is 0. The van der Waals surface area contributed by atoms with Crippen molar-refractivity contribution in [2.75, 3.05) is 0 Å². The van der Waals surface area contributed by atoms with E-state index < -0.39 is 11.3 Å². The van der Waals surface area contributed by atoms with Crippen molar-refractivity contribution in [1.29, 1.82) is 0 Å². The van der Waals surface area contributed by atoms with Gasteiger partial charge in [0.25, 0.3) is 5.91 Å². The summed E-state index contributed by atoms with van der Waals surface area (Å²) >= 11 is 0. The first kappa shape index (κ1) is 22.8. The van der Waals surface area contributed by atoms with Gasteiger partial charge in [0.2, 0.25) is 5.91 Å². The molecule has 0 bridgehead atoms. The third-order valence-electron chi connectivity index (χ3n) is 6.92. The molecule has 172 valence electrons. The SMILES string of the molecule is CCCCCCCCC1=CC=C2C(=O)NC(=O)C2C1(c1ccc(O)cc1)c1ccc(O)cc1. The van der Waals surface area contributed by atoms with Crippen LogP contribution >= 0.6 is 0 Å². The first-order valence-electron chi connectivity index (χ1n) is 11.8. The van der Waals surface area contributed by atoms with Gasteiger partial charge < -0.3 is 10.2 Å². The molecule has 1 atom stereocenters. The van der Waals surface area contributed by atoms with E-state index in [1.807, 2.05) is 30.3 Å². The molecular formula is C28H31NO4. The number of nitrogens with one attached hydrogen (secondary N) is 1. The number of hydrogen-bond acceptors (Lipinski definition) is 4. The topological polar surface area (TPSA) is 86.6 Å². The van der Waals surface area contributed by atoms with E-state index in [9.17, 15) is 19.8 Å². The maximum absolute atomic E-state index is 13.2. The van der Waals surface area contributed by atoms with Crippen molar-refractivity contribution >= 4 is 11.8 Å². The molecule has 5 heteroatoms. The summed E-state index contributed by atoms with van der Waals surface area (Å²) in [5.74, 6) is -1.11. The van der Waals surface area contributed by atoms with Crippen LogP contribution in [0.2, 0.25) is 0 Å². The van der Waals surface area contributed by atoms with Gasteiger partial charge in [0.1, 0.15) is 11.5 Å². The van der Waals surface area contributed by atoms with E-state index in [1.165, 1.54) is 25.7 Å². The van der Waals surface area contributed by atoms with Crippen LogP contribution in [0.4, 0.5) is 0 Å². The average molecular weight is 446 g/mol. The number of carbonyl (C=O) groups excluding carboxylic acids is 2. The first-order chi connectivity index (χ1) is 16.0. The summed E-state index contributed by atoms with van der Waals surface area (Å²) in [5.41, 5.74) is 2.29. The number of rotatable bonds is 9. The van der Waals surface area contributed by atoms with Gasteiger partial charge in [-0.2, -0.15) is 0 Å². The number of benzene rings is 2. The van der Waals surface area contributed by atoms with E-state index in [-0.39, 0.29) is 23.3 Å². The van der Waals surface area contributed by atoms with Crippen LogP contribution in [-0.4, -0.2) is 22.0 Å².